The van der Waals surface area contributed by atoms with Crippen LogP contribution in [0.25, 0.3) is 0 Å². The van der Waals surface area contributed by atoms with Crippen molar-refractivity contribution in [2.24, 2.45) is 5.73 Å². The number of carbonyl (C=O) groups is 2. The van der Waals surface area contributed by atoms with Gasteiger partial charge in [0, 0.05) is 13.7 Å². The number of carbonyl (C=O) groups excluding carboxylic acids is 2. The number of nitrogens with zero attached hydrogens (tertiary/aromatic N) is 1. The summed E-state index contributed by atoms with van der Waals surface area (Å²) in [6, 6.07) is 2.42. The number of hydrogen-bond donors (Lipinski definition) is 1. The van der Waals surface area contributed by atoms with Crippen LogP contribution in [-0.4, -0.2) is 64.4 Å². The van der Waals surface area contributed by atoms with Crippen molar-refractivity contribution in [3.8, 4) is 11.5 Å². The number of benzene rings is 1. The molecule has 1 aromatic carbocycles. The Morgan fingerprint density at radius 2 is 1.81 bits per heavy atom. The van der Waals surface area contributed by atoms with E-state index in [9.17, 15) is 9.59 Å². The van der Waals surface area contributed by atoms with Crippen LogP contribution in [0, 0.1) is 0 Å². The molecule has 27 heavy (non-hydrogen) atoms. The summed E-state index contributed by atoms with van der Waals surface area (Å²) in [4.78, 5) is 26.3. The number of nitrogens with two attached hydrogens (primary N) is 1. The van der Waals surface area contributed by atoms with Gasteiger partial charge in [-0.2, -0.15) is 0 Å². The monoisotopic (exact) mass is 402 g/mol. The van der Waals surface area contributed by atoms with Crippen molar-refractivity contribution in [1.29, 1.82) is 0 Å². The third kappa shape index (κ3) is 5.03. The van der Waals surface area contributed by atoms with E-state index in [-0.39, 0.29) is 31.3 Å². The summed E-state index contributed by atoms with van der Waals surface area (Å²) in [7, 11) is 5.92. The Labute approximate surface area is 165 Å². The third-order valence-electron chi connectivity index (χ3n) is 4.54. The minimum atomic E-state index is -0.790. The van der Waals surface area contributed by atoms with Gasteiger partial charge < -0.3 is 29.6 Å². The summed E-state index contributed by atoms with van der Waals surface area (Å²) in [6.45, 7) is 0.555. The van der Waals surface area contributed by atoms with Crippen LogP contribution in [0.5, 0.6) is 11.5 Å². The van der Waals surface area contributed by atoms with Gasteiger partial charge in [-0.3, -0.25) is 9.59 Å². The molecule has 2 rings (SSSR count). The summed E-state index contributed by atoms with van der Waals surface area (Å²) >= 11 is 0. The van der Waals surface area contributed by atoms with Crippen molar-refractivity contribution in [1.82, 2.24) is 4.90 Å². The average molecular weight is 403 g/mol. The molecule has 1 aromatic rings. The molecule has 0 spiro atoms. The first-order valence-corrected chi connectivity index (χ1v) is 8.33. The van der Waals surface area contributed by atoms with Gasteiger partial charge in [0.1, 0.15) is 6.04 Å². The normalized spacial score (nSPS) is 16.6. The Morgan fingerprint density at radius 1 is 1.19 bits per heavy atom. The Kier molecular flexibility index (Phi) is 8.81. The summed E-state index contributed by atoms with van der Waals surface area (Å²) < 4.78 is 20.5. The van der Waals surface area contributed by atoms with E-state index in [0.29, 0.717) is 24.5 Å². The number of ether oxygens (including phenoxy) is 4. The van der Waals surface area contributed by atoms with Crippen LogP contribution < -0.4 is 15.2 Å². The van der Waals surface area contributed by atoms with Crippen LogP contribution in [0.2, 0.25) is 0 Å². The van der Waals surface area contributed by atoms with E-state index in [1.54, 1.807) is 19.1 Å². The molecule has 0 bridgehead atoms. The smallest absolute Gasteiger partial charge is 0.307 e. The lowest BCUT2D eigenvalue weighted by molar-refractivity contribution is -0.145. The first kappa shape index (κ1) is 23.0. The molecule has 0 radical (unpaired) electrons. The van der Waals surface area contributed by atoms with E-state index >= 15 is 0 Å². The molecule has 1 amide bonds. The number of halogens is 1. The fourth-order valence-corrected chi connectivity index (χ4v) is 3.22. The zero-order chi connectivity index (χ0) is 19.3. The third-order valence-corrected chi connectivity index (χ3v) is 4.54. The summed E-state index contributed by atoms with van der Waals surface area (Å²) in [5, 5.41) is 0. The molecule has 9 heteroatoms. The maximum atomic E-state index is 12.8. The van der Waals surface area contributed by atoms with Gasteiger partial charge >= 0.3 is 5.97 Å². The number of rotatable bonds is 7. The number of fused-ring (bicyclic) bond motifs is 1. The predicted octanol–water partition coefficient (Wildman–Crippen LogP) is 1.09. The molecule has 152 valence electrons. The van der Waals surface area contributed by atoms with Crippen LogP contribution in [0.4, 0.5) is 0 Å². The molecule has 8 nitrogen and oxygen atoms in total. The topological polar surface area (TPSA) is 100 Å². The SMILES string of the molecule is COCC(N)C(=O)N1CCc2cc(OC)c(OC)cc2C1CC(=O)OC.Cl. The van der Waals surface area contributed by atoms with E-state index < -0.39 is 18.1 Å². The second-order valence-electron chi connectivity index (χ2n) is 6.05. The van der Waals surface area contributed by atoms with Crippen LogP contribution in [0.1, 0.15) is 23.6 Å². The van der Waals surface area contributed by atoms with Crippen molar-refractivity contribution in [2.75, 3.05) is 41.6 Å². The van der Waals surface area contributed by atoms with Gasteiger partial charge in [-0.05, 0) is 29.7 Å². The van der Waals surface area contributed by atoms with Gasteiger partial charge in [-0.25, -0.2) is 0 Å². The predicted molar refractivity (Wildman–Crippen MR) is 101 cm³/mol. The molecule has 2 atom stereocenters. The summed E-state index contributed by atoms with van der Waals surface area (Å²) in [5.74, 6) is 0.479. The Balaban J connectivity index is 0.00000364. The maximum absolute atomic E-state index is 12.8. The van der Waals surface area contributed by atoms with E-state index in [2.05, 4.69) is 0 Å². The highest BCUT2D eigenvalue weighted by Gasteiger charge is 2.35. The van der Waals surface area contributed by atoms with Crippen molar-refractivity contribution >= 4 is 24.3 Å². The largest absolute Gasteiger partial charge is 0.493 e. The fraction of sp³-hybridized carbons (Fsp3) is 0.556. The maximum Gasteiger partial charge on any atom is 0.307 e. The molecule has 2 unspecified atom stereocenters. The van der Waals surface area contributed by atoms with Gasteiger partial charge in [0.25, 0.3) is 0 Å². The molecule has 0 aliphatic carbocycles. The van der Waals surface area contributed by atoms with E-state index in [0.717, 1.165) is 11.1 Å². The first-order chi connectivity index (χ1) is 12.5. The number of hydrogen-bond acceptors (Lipinski definition) is 7. The van der Waals surface area contributed by atoms with E-state index in [1.807, 2.05) is 12.1 Å². The van der Waals surface area contributed by atoms with Crippen molar-refractivity contribution in [3.05, 3.63) is 23.3 Å². The van der Waals surface area contributed by atoms with Gasteiger partial charge in [-0.1, -0.05) is 0 Å². The second-order valence-corrected chi connectivity index (χ2v) is 6.05. The fourth-order valence-electron chi connectivity index (χ4n) is 3.22. The first-order valence-electron chi connectivity index (χ1n) is 8.33. The highest BCUT2D eigenvalue weighted by atomic mass is 35.5. The van der Waals surface area contributed by atoms with Crippen LogP contribution in [0.3, 0.4) is 0 Å². The molecular formula is C18H27ClN2O6. The van der Waals surface area contributed by atoms with Crippen molar-refractivity contribution in [2.45, 2.75) is 24.9 Å². The number of amides is 1. The molecular weight excluding hydrogens is 376 g/mol. The lowest BCUT2D eigenvalue weighted by Gasteiger charge is -2.38. The number of esters is 1. The lowest BCUT2D eigenvalue weighted by atomic mass is 9.89. The van der Waals surface area contributed by atoms with E-state index in [4.69, 9.17) is 24.7 Å². The van der Waals surface area contributed by atoms with Crippen LogP contribution in [0.15, 0.2) is 12.1 Å². The second kappa shape index (κ2) is 10.3. The molecule has 0 fully saturated rings. The quantitative estimate of drug-likeness (QED) is 0.681. The van der Waals surface area contributed by atoms with E-state index in [1.165, 1.54) is 14.2 Å². The van der Waals surface area contributed by atoms with Crippen LogP contribution >= 0.6 is 12.4 Å². The summed E-state index contributed by atoms with van der Waals surface area (Å²) in [5.41, 5.74) is 7.76. The highest BCUT2D eigenvalue weighted by Crippen LogP contribution is 2.39. The Bertz CT molecular complexity index is 669. The molecule has 0 saturated carbocycles. The Morgan fingerprint density at radius 3 is 2.37 bits per heavy atom. The molecule has 1 aliphatic heterocycles. The Hall–Kier alpha value is -2.03. The molecule has 2 N–H and O–H groups in total. The zero-order valence-electron chi connectivity index (χ0n) is 16.0. The standard InChI is InChI=1S/C18H26N2O6.ClH/c1-23-10-13(19)18(22)20-6-5-11-7-15(24-2)16(25-3)8-12(11)14(20)9-17(21)26-4;/h7-8,13-14H,5-6,9-10,19H2,1-4H3;1H. The average Bonchev–Trinajstić information content (AvgIpc) is 2.66. The molecule has 0 aromatic heterocycles. The van der Waals surface area contributed by atoms with Gasteiger partial charge in [0.05, 0.1) is 40.4 Å². The molecule has 0 saturated heterocycles. The summed E-state index contributed by atoms with van der Waals surface area (Å²) in [6.07, 6.45) is 0.656. The van der Waals surface area contributed by atoms with Crippen LogP contribution in [-0.2, 0) is 25.5 Å². The van der Waals surface area contributed by atoms with Crippen molar-refractivity contribution < 1.29 is 28.5 Å². The van der Waals surface area contributed by atoms with Crippen molar-refractivity contribution in [3.63, 3.8) is 0 Å². The minimum absolute atomic E-state index is 0. The molecule has 1 heterocycles. The zero-order valence-corrected chi connectivity index (χ0v) is 16.8. The lowest BCUT2D eigenvalue weighted by Crippen LogP contribution is -2.50. The van der Waals surface area contributed by atoms with Gasteiger partial charge in [-0.15, -0.1) is 12.4 Å². The number of methoxy groups -OCH3 is 4. The minimum Gasteiger partial charge on any atom is -0.493 e. The van der Waals surface area contributed by atoms with Gasteiger partial charge in [0.15, 0.2) is 11.5 Å². The molecule has 1 aliphatic rings. The highest BCUT2D eigenvalue weighted by molar-refractivity contribution is 5.85. The van der Waals surface area contributed by atoms with Gasteiger partial charge in [0.2, 0.25) is 5.91 Å².